The molecule has 0 spiro atoms. The number of carbonyl (C=O) groups is 1. The first-order chi connectivity index (χ1) is 8.52. The number of nitrogens with two attached hydrogens (primary N) is 1. The van der Waals surface area contributed by atoms with E-state index in [0.717, 1.165) is 17.3 Å². The fraction of sp³-hybridized carbons (Fsp3) is 0.357. The molecule has 2 aromatic rings. The van der Waals surface area contributed by atoms with Crippen molar-refractivity contribution in [3.05, 3.63) is 30.0 Å². The van der Waals surface area contributed by atoms with Gasteiger partial charge in [0.05, 0.1) is 0 Å². The molecule has 1 amide bonds. The molecule has 0 aliphatic heterocycles. The molecule has 1 aromatic carbocycles. The Morgan fingerprint density at radius 2 is 2.17 bits per heavy atom. The van der Waals surface area contributed by atoms with Crippen molar-refractivity contribution in [2.45, 2.75) is 26.3 Å². The lowest BCUT2D eigenvalue weighted by Gasteiger charge is -2.23. The third kappa shape index (κ3) is 2.18. The van der Waals surface area contributed by atoms with Crippen LogP contribution in [0.5, 0.6) is 0 Å². The van der Waals surface area contributed by atoms with Gasteiger partial charge in [-0.3, -0.25) is 4.79 Å². The Hall–Kier alpha value is -1.97. The maximum atomic E-state index is 12.3. The van der Waals surface area contributed by atoms with Crippen LogP contribution in [0.15, 0.2) is 24.3 Å². The van der Waals surface area contributed by atoms with Gasteiger partial charge >= 0.3 is 0 Å². The molecule has 0 fully saturated rings. The number of aromatic nitrogens is 1. The van der Waals surface area contributed by atoms with Gasteiger partial charge in [-0.2, -0.15) is 0 Å². The predicted octanol–water partition coefficient (Wildman–Crippen LogP) is 2.62. The first-order valence-corrected chi connectivity index (χ1v) is 6.18. The smallest absolute Gasteiger partial charge is 0.270 e. The molecule has 0 radical (unpaired) electrons. The number of fused-ring (bicyclic) bond motifs is 1. The first kappa shape index (κ1) is 12.5. The van der Waals surface area contributed by atoms with E-state index in [-0.39, 0.29) is 11.9 Å². The lowest BCUT2D eigenvalue weighted by atomic mass is 10.2. The topological polar surface area (TPSA) is 62.1 Å². The molecule has 1 aromatic heterocycles. The van der Waals surface area contributed by atoms with Gasteiger partial charge in [0.15, 0.2) is 0 Å². The molecule has 1 unspecified atom stereocenters. The van der Waals surface area contributed by atoms with Crippen LogP contribution < -0.4 is 5.73 Å². The summed E-state index contributed by atoms with van der Waals surface area (Å²) in [6.07, 6.45) is 0.940. The summed E-state index contributed by atoms with van der Waals surface area (Å²) in [6, 6.07) is 7.67. The number of aromatic amines is 1. The molecule has 0 aliphatic carbocycles. The Labute approximate surface area is 107 Å². The number of nitrogens with zero attached hydrogens (tertiary/aromatic N) is 1. The van der Waals surface area contributed by atoms with Crippen molar-refractivity contribution in [2.75, 3.05) is 12.8 Å². The number of nitrogens with one attached hydrogen (secondary N) is 1. The number of carbonyl (C=O) groups excluding carboxylic acids is 1. The van der Waals surface area contributed by atoms with Crippen LogP contribution in [0.1, 0.15) is 30.8 Å². The SMILES string of the molecule is CCC(C)N(C)C(=O)c1cc2cc(N)ccc2[nH]1. The Morgan fingerprint density at radius 3 is 2.83 bits per heavy atom. The average Bonchev–Trinajstić information content (AvgIpc) is 2.78. The Kier molecular flexibility index (Phi) is 3.28. The van der Waals surface area contributed by atoms with Crippen LogP contribution in [-0.2, 0) is 0 Å². The van der Waals surface area contributed by atoms with Gasteiger partial charge < -0.3 is 15.6 Å². The number of H-pyrrole nitrogens is 1. The molecular formula is C14H19N3O. The molecule has 0 aliphatic rings. The second-order valence-corrected chi connectivity index (χ2v) is 4.70. The maximum absolute atomic E-state index is 12.3. The summed E-state index contributed by atoms with van der Waals surface area (Å²) in [4.78, 5) is 17.2. The van der Waals surface area contributed by atoms with Crippen molar-refractivity contribution in [1.82, 2.24) is 9.88 Å². The number of rotatable bonds is 3. The Balaban J connectivity index is 2.33. The number of benzene rings is 1. The third-order valence-electron chi connectivity index (χ3n) is 3.45. The highest BCUT2D eigenvalue weighted by Crippen LogP contribution is 2.19. The summed E-state index contributed by atoms with van der Waals surface area (Å²) >= 11 is 0. The van der Waals surface area contributed by atoms with E-state index in [1.807, 2.05) is 38.2 Å². The van der Waals surface area contributed by atoms with Crippen LogP contribution in [0.4, 0.5) is 5.69 Å². The highest BCUT2D eigenvalue weighted by atomic mass is 16.2. The van der Waals surface area contributed by atoms with Gasteiger partial charge in [-0.1, -0.05) is 6.92 Å². The molecule has 1 atom stereocenters. The second-order valence-electron chi connectivity index (χ2n) is 4.70. The van der Waals surface area contributed by atoms with Crippen LogP contribution in [-0.4, -0.2) is 28.9 Å². The molecule has 0 saturated heterocycles. The van der Waals surface area contributed by atoms with E-state index in [4.69, 9.17) is 5.73 Å². The summed E-state index contributed by atoms with van der Waals surface area (Å²) in [7, 11) is 1.83. The average molecular weight is 245 g/mol. The van der Waals surface area contributed by atoms with E-state index in [0.29, 0.717) is 11.4 Å². The lowest BCUT2D eigenvalue weighted by molar-refractivity contribution is 0.0735. The monoisotopic (exact) mass is 245 g/mol. The first-order valence-electron chi connectivity index (χ1n) is 6.18. The highest BCUT2D eigenvalue weighted by Gasteiger charge is 2.17. The van der Waals surface area contributed by atoms with E-state index in [1.54, 1.807) is 4.90 Å². The number of anilines is 1. The summed E-state index contributed by atoms with van der Waals surface area (Å²) in [6.45, 7) is 4.11. The zero-order valence-electron chi connectivity index (χ0n) is 11.0. The van der Waals surface area contributed by atoms with E-state index < -0.39 is 0 Å². The van der Waals surface area contributed by atoms with Gasteiger partial charge in [-0.25, -0.2) is 0 Å². The number of nitrogen functional groups attached to an aromatic ring is 1. The summed E-state index contributed by atoms with van der Waals surface area (Å²) in [5, 5.41) is 0.968. The van der Waals surface area contributed by atoms with Crippen molar-refractivity contribution in [2.24, 2.45) is 0 Å². The van der Waals surface area contributed by atoms with Gasteiger partial charge in [0.2, 0.25) is 0 Å². The Bertz CT molecular complexity index is 573. The van der Waals surface area contributed by atoms with Gasteiger partial charge in [-0.05, 0) is 37.6 Å². The van der Waals surface area contributed by atoms with Crippen molar-refractivity contribution >= 4 is 22.5 Å². The predicted molar refractivity (Wildman–Crippen MR) is 74.6 cm³/mol. The summed E-state index contributed by atoms with van der Waals surface area (Å²) < 4.78 is 0. The quantitative estimate of drug-likeness (QED) is 0.816. The van der Waals surface area contributed by atoms with Crippen LogP contribution in [0.2, 0.25) is 0 Å². The minimum absolute atomic E-state index is 0.0131. The van der Waals surface area contributed by atoms with Crippen LogP contribution in [0, 0.1) is 0 Å². The normalized spacial score (nSPS) is 12.6. The molecular weight excluding hydrogens is 226 g/mol. The Morgan fingerprint density at radius 1 is 1.44 bits per heavy atom. The van der Waals surface area contributed by atoms with Crippen LogP contribution >= 0.6 is 0 Å². The van der Waals surface area contributed by atoms with E-state index in [1.165, 1.54) is 0 Å². The van der Waals surface area contributed by atoms with Crippen molar-refractivity contribution in [3.63, 3.8) is 0 Å². The third-order valence-corrected chi connectivity index (χ3v) is 3.45. The van der Waals surface area contributed by atoms with E-state index >= 15 is 0 Å². The summed E-state index contributed by atoms with van der Waals surface area (Å²) in [5.74, 6) is 0.0131. The fourth-order valence-electron chi connectivity index (χ4n) is 1.93. The van der Waals surface area contributed by atoms with Gasteiger partial charge in [0.25, 0.3) is 5.91 Å². The minimum atomic E-state index is 0.0131. The second kappa shape index (κ2) is 4.72. The molecule has 4 heteroatoms. The molecule has 4 nitrogen and oxygen atoms in total. The molecule has 3 N–H and O–H groups in total. The standard InChI is InChI=1S/C14H19N3O/c1-4-9(2)17(3)14(18)13-8-10-7-11(15)5-6-12(10)16-13/h5-9,16H,4,15H2,1-3H3. The number of amides is 1. The zero-order chi connectivity index (χ0) is 13.3. The lowest BCUT2D eigenvalue weighted by Crippen LogP contribution is -2.34. The fourth-order valence-corrected chi connectivity index (χ4v) is 1.93. The van der Waals surface area contributed by atoms with Crippen LogP contribution in [0.3, 0.4) is 0 Å². The maximum Gasteiger partial charge on any atom is 0.270 e. The zero-order valence-corrected chi connectivity index (χ0v) is 11.0. The van der Waals surface area contributed by atoms with Crippen molar-refractivity contribution < 1.29 is 4.79 Å². The van der Waals surface area contributed by atoms with Gasteiger partial charge in [-0.15, -0.1) is 0 Å². The summed E-state index contributed by atoms with van der Waals surface area (Å²) in [5.41, 5.74) is 7.98. The van der Waals surface area contributed by atoms with Gasteiger partial charge in [0.1, 0.15) is 5.69 Å². The van der Waals surface area contributed by atoms with E-state index in [9.17, 15) is 4.79 Å². The van der Waals surface area contributed by atoms with Gasteiger partial charge in [0, 0.05) is 29.7 Å². The van der Waals surface area contributed by atoms with Crippen LogP contribution in [0.25, 0.3) is 10.9 Å². The van der Waals surface area contributed by atoms with E-state index in [2.05, 4.69) is 11.9 Å². The molecule has 96 valence electrons. The molecule has 0 bridgehead atoms. The molecule has 2 rings (SSSR count). The van der Waals surface area contributed by atoms with Crippen molar-refractivity contribution in [1.29, 1.82) is 0 Å². The number of hydrogen-bond donors (Lipinski definition) is 2. The molecule has 18 heavy (non-hydrogen) atoms. The molecule has 1 heterocycles. The highest BCUT2D eigenvalue weighted by molar-refractivity contribution is 5.98. The number of hydrogen-bond acceptors (Lipinski definition) is 2. The van der Waals surface area contributed by atoms with Crippen molar-refractivity contribution in [3.8, 4) is 0 Å². The largest absolute Gasteiger partial charge is 0.399 e. The molecule has 0 saturated carbocycles. The minimum Gasteiger partial charge on any atom is -0.399 e.